The lowest BCUT2D eigenvalue weighted by Crippen LogP contribution is -2.27. The van der Waals surface area contributed by atoms with Crippen LogP contribution in [0.1, 0.15) is 18.1 Å². The normalized spacial score (nSPS) is 15.8. The van der Waals surface area contributed by atoms with Gasteiger partial charge in [0, 0.05) is 13.0 Å². The number of aromatic amines is 2. The molecule has 0 saturated carbocycles. The first-order chi connectivity index (χ1) is 27.8. The lowest BCUT2D eigenvalue weighted by Gasteiger charge is -2.10. The lowest BCUT2D eigenvalue weighted by atomic mass is 10.1. The summed E-state index contributed by atoms with van der Waals surface area (Å²) in [6, 6.07) is 8.31. The zero-order chi connectivity index (χ0) is 44.4. The van der Waals surface area contributed by atoms with E-state index in [2.05, 4.69) is 40.5 Å². The molecular formula is C31H24ClN9O15S4. The molecule has 60 heavy (non-hydrogen) atoms. The second kappa shape index (κ2) is 17.1. The van der Waals surface area contributed by atoms with Gasteiger partial charge in [-0.05, 0) is 83.4 Å². The molecule has 0 unspecified atom stereocenters. The van der Waals surface area contributed by atoms with Crippen LogP contribution in [0, 0.1) is 10.1 Å². The van der Waals surface area contributed by atoms with Gasteiger partial charge in [-0.15, -0.1) is 0 Å². The Bertz CT molecular complexity index is 3260. The molecule has 0 atom stereocenters. The van der Waals surface area contributed by atoms with Gasteiger partial charge in [-0.3, -0.25) is 43.5 Å². The number of halogens is 1. The fourth-order valence-electron chi connectivity index (χ4n) is 4.90. The number of hydrogen-bond acceptors (Lipinski definition) is 16. The zero-order valence-electron chi connectivity index (χ0n) is 29.6. The predicted octanol–water partition coefficient (Wildman–Crippen LogP) is 2.50. The van der Waals surface area contributed by atoms with Gasteiger partial charge < -0.3 is 4.98 Å². The van der Waals surface area contributed by atoms with Gasteiger partial charge in [0.05, 0.1) is 32.6 Å². The summed E-state index contributed by atoms with van der Waals surface area (Å²) in [5, 5.41) is 15.0. The number of nitro benzene ring substituents is 1. The van der Waals surface area contributed by atoms with Crippen LogP contribution < -0.4 is 16.7 Å². The Morgan fingerprint density at radius 3 is 2.10 bits per heavy atom. The van der Waals surface area contributed by atoms with Crippen LogP contribution in [0.25, 0.3) is 12.2 Å². The summed E-state index contributed by atoms with van der Waals surface area (Å²) in [5.74, 6) is -0.685. The molecule has 1 aromatic heterocycles. The van der Waals surface area contributed by atoms with Gasteiger partial charge in [0.25, 0.3) is 36.0 Å². The molecule has 29 heteroatoms. The van der Waals surface area contributed by atoms with Crippen molar-refractivity contribution in [3.63, 3.8) is 0 Å². The highest BCUT2D eigenvalue weighted by Crippen LogP contribution is 2.29. The van der Waals surface area contributed by atoms with E-state index in [0.29, 0.717) is 12.1 Å². The number of aromatic nitrogens is 3. The molecule has 5 rings (SSSR count). The number of H-pyrrole nitrogens is 2. The van der Waals surface area contributed by atoms with E-state index < -0.39 is 82.3 Å². The minimum Gasteiger partial charge on any atom is -0.300 e. The number of rotatable bonds is 11. The van der Waals surface area contributed by atoms with Crippen LogP contribution >= 0.6 is 11.6 Å². The molecule has 7 N–H and O–H groups in total. The van der Waals surface area contributed by atoms with Crippen LogP contribution in [0.2, 0.25) is 5.28 Å². The number of carbonyl (C=O) groups excluding carboxylic acids is 1. The number of nitrogens with one attached hydrogen (secondary N) is 3. The first-order valence-corrected chi connectivity index (χ1v) is 21.8. The Balaban J connectivity index is 1.47. The maximum Gasteiger partial charge on any atom is 0.301 e. The number of hydrazone groups is 1. The molecule has 314 valence electrons. The van der Waals surface area contributed by atoms with E-state index in [1.165, 1.54) is 30.4 Å². The molecule has 0 fully saturated rings. The first-order valence-electron chi connectivity index (χ1n) is 15.7. The van der Waals surface area contributed by atoms with Crippen molar-refractivity contribution in [2.24, 2.45) is 20.1 Å². The third-order valence-electron chi connectivity index (χ3n) is 7.38. The summed E-state index contributed by atoms with van der Waals surface area (Å²) in [6.07, 6.45) is 6.24. The minimum absolute atomic E-state index is 0.000213. The summed E-state index contributed by atoms with van der Waals surface area (Å²) in [4.78, 5) is 39.9. The Morgan fingerprint density at radius 1 is 0.800 bits per heavy atom. The van der Waals surface area contributed by atoms with E-state index in [-0.39, 0.29) is 50.5 Å². The van der Waals surface area contributed by atoms with Crippen LogP contribution in [0.4, 0.5) is 17.1 Å². The fraction of sp³-hybridized carbons (Fsp3) is 0.0323. The van der Waals surface area contributed by atoms with Crippen LogP contribution in [-0.4, -0.2) is 89.1 Å². The summed E-state index contributed by atoms with van der Waals surface area (Å²) < 4.78 is 134. The van der Waals surface area contributed by atoms with Crippen molar-refractivity contribution in [2.45, 2.75) is 26.5 Å². The van der Waals surface area contributed by atoms with Gasteiger partial charge in [-0.1, -0.05) is 18.2 Å². The Morgan fingerprint density at radius 2 is 1.48 bits per heavy atom. The molecule has 0 saturated heterocycles. The number of benzene rings is 3. The molecule has 0 aliphatic heterocycles. The molecule has 3 aromatic carbocycles. The van der Waals surface area contributed by atoms with E-state index in [1.807, 2.05) is 0 Å². The molecule has 0 spiro atoms. The molecule has 1 heterocycles. The number of nitro groups is 1. The maximum atomic E-state index is 12.3. The highest BCUT2D eigenvalue weighted by Gasteiger charge is 2.24. The van der Waals surface area contributed by atoms with Crippen LogP contribution in [-0.2, 0) is 45.3 Å². The highest BCUT2D eigenvalue weighted by atomic mass is 35.5. The monoisotopic (exact) mass is 925 g/mol. The Hall–Kier alpha value is -6.37. The number of allylic oxidation sites excluding steroid dienone is 3. The lowest BCUT2D eigenvalue weighted by molar-refractivity contribution is -0.387. The SMILES string of the molecule is CC(=O)N=C1C=C(N=c2nc(Cl)[nH]c(=Nc3cc(S(=O)(=O)O)ccc3S(=O)(=O)O)[nH]2)C=CC1=NNc1ccc(/C=C/c2ccc([N+](=O)[O-])c(S(=O)(=O)O)c2)c(S(=O)(=O)O)c1. The van der Waals surface area contributed by atoms with E-state index in [0.717, 1.165) is 49.4 Å². The average molecular weight is 926 g/mol. The van der Waals surface area contributed by atoms with E-state index in [4.69, 9.17) is 11.6 Å². The van der Waals surface area contributed by atoms with Crippen molar-refractivity contribution in [2.75, 3.05) is 5.43 Å². The standard InChI is InChI=1S/C31H24ClN9O15S4/c1-16(42)33-23-13-19(34-30-36-29(32)37-31(38-30)35-24-15-21(57(45,46)47)8-11-26(24)58(48,49)50)7-9-22(23)40-39-20-6-5-18(27(14-20)59(51,52)53)4-2-17-3-10-25(41(43)44)28(12-17)60(54,55)56/h2-15,39H,1H3,(H,45,46,47)(H,48,49,50)(H,51,52,53)(H,54,55,56)(H2,34,35,36,37,38)/b4-2+,33-23?,40-22?. The third-order valence-corrected chi connectivity index (χ3v) is 11.1. The van der Waals surface area contributed by atoms with E-state index >= 15 is 0 Å². The smallest absolute Gasteiger partial charge is 0.300 e. The number of anilines is 1. The first kappa shape index (κ1) is 44.7. The van der Waals surface area contributed by atoms with Gasteiger partial charge in [-0.2, -0.15) is 43.8 Å². The number of hydrogen-bond donors (Lipinski definition) is 7. The van der Waals surface area contributed by atoms with Gasteiger partial charge >= 0.3 is 10.1 Å². The van der Waals surface area contributed by atoms with Gasteiger partial charge in [0.2, 0.25) is 22.4 Å². The maximum absolute atomic E-state index is 12.3. The van der Waals surface area contributed by atoms with Gasteiger partial charge in [0.15, 0.2) is 4.90 Å². The van der Waals surface area contributed by atoms with Crippen LogP contribution in [0.15, 0.2) is 118 Å². The number of carbonyl (C=O) groups is 1. The fourth-order valence-corrected chi connectivity index (χ4v) is 7.58. The number of amides is 1. The molecule has 0 radical (unpaired) electrons. The summed E-state index contributed by atoms with van der Waals surface area (Å²) >= 11 is 6.07. The Labute approximate surface area is 342 Å². The van der Waals surface area contributed by atoms with Gasteiger partial charge in [-0.25, -0.2) is 15.0 Å². The zero-order valence-corrected chi connectivity index (χ0v) is 33.6. The second-order valence-electron chi connectivity index (χ2n) is 11.7. The van der Waals surface area contributed by atoms with Crippen molar-refractivity contribution in [3.8, 4) is 0 Å². The quantitative estimate of drug-likeness (QED) is 0.0373. The molecule has 1 amide bonds. The van der Waals surface area contributed by atoms with E-state index in [1.54, 1.807) is 0 Å². The molecular weight excluding hydrogens is 902 g/mol. The number of aliphatic imine (C=N–C) groups is 1. The average Bonchev–Trinajstić information content (AvgIpc) is 3.11. The summed E-state index contributed by atoms with van der Waals surface area (Å²) in [7, 11) is -19.7. The second-order valence-corrected chi connectivity index (χ2v) is 17.6. The molecule has 4 aromatic rings. The summed E-state index contributed by atoms with van der Waals surface area (Å²) in [6.45, 7) is 1.12. The van der Waals surface area contributed by atoms with Crippen molar-refractivity contribution < 1.29 is 61.6 Å². The van der Waals surface area contributed by atoms with Gasteiger partial charge in [0.1, 0.15) is 15.5 Å². The topological polar surface area (TPSA) is 384 Å². The molecule has 24 nitrogen and oxygen atoms in total. The third kappa shape index (κ3) is 11.4. The van der Waals surface area contributed by atoms with Crippen molar-refractivity contribution in [1.29, 1.82) is 0 Å². The van der Waals surface area contributed by atoms with Crippen molar-refractivity contribution in [3.05, 3.63) is 116 Å². The molecule has 0 bridgehead atoms. The molecule has 1 aliphatic carbocycles. The van der Waals surface area contributed by atoms with Crippen molar-refractivity contribution in [1.82, 2.24) is 15.0 Å². The molecule has 1 aliphatic rings. The van der Waals surface area contributed by atoms with Crippen LogP contribution in [0.5, 0.6) is 0 Å². The minimum atomic E-state index is -5.02. The highest BCUT2D eigenvalue weighted by molar-refractivity contribution is 7.86. The van der Waals surface area contributed by atoms with Crippen LogP contribution in [0.3, 0.4) is 0 Å². The van der Waals surface area contributed by atoms with Crippen molar-refractivity contribution >= 4 is 98.6 Å². The Kier molecular flexibility index (Phi) is 12.7. The largest absolute Gasteiger partial charge is 0.301 e. The van der Waals surface area contributed by atoms with E-state index in [9.17, 15) is 66.8 Å². The predicted molar refractivity (Wildman–Crippen MR) is 209 cm³/mol. The summed E-state index contributed by atoms with van der Waals surface area (Å²) in [5.41, 5.74) is 0.158. The number of nitrogens with zero attached hydrogens (tertiary/aromatic N) is 6.